The van der Waals surface area contributed by atoms with Gasteiger partial charge >= 0.3 is 0 Å². The van der Waals surface area contributed by atoms with Crippen LogP contribution in [-0.4, -0.2) is 9.55 Å². The molecule has 0 aliphatic carbocycles. The van der Waals surface area contributed by atoms with E-state index < -0.39 is 0 Å². The minimum absolute atomic E-state index is 0.111. The fourth-order valence-electron chi connectivity index (χ4n) is 2.96. The van der Waals surface area contributed by atoms with Gasteiger partial charge in [0.25, 0.3) is 0 Å². The normalized spacial score (nSPS) is 12.4. The summed E-state index contributed by atoms with van der Waals surface area (Å²) in [7, 11) is 2.07. The first-order valence-electron chi connectivity index (χ1n) is 8.11. The fourth-order valence-corrected chi connectivity index (χ4v) is 4.32. The van der Waals surface area contributed by atoms with Crippen molar-refractivity contribution in [3.8, 4) is 0 Å². The van der Waals surface area contributed by atoms with Crippen molar-refractivity contribution >= 4 is 34.4 Å². The highest BCUT2D eigenvalue weighted by atomic mass is 35.5. The smallest absolute Gasteiger partial charge is 0.127 e. The van der Waals surface area contributed by atoms with Crippen LogP contribution in [0.5, 0.6) is 0 Å². The molecule has 0 aliphatic rings. The lowest BCUT2D eigenvalue weighted by Gasteiger charge is -2.17. The topological polar surface area (TPSA) is 17.8 Å². The van der Waals surface area contributed by atoms with Crippen molar-refractivity contribution in [3.63, 3.8) is 0 Å². The van der Waals surface area contributed by atoms with Crippen molar-refractivity contribution in [1.82, 2.24) is 9.55 Å². The highest BCUT2D eigenvalue weighted by Gasteiger charge is 2.22. The van der Waals surface area contributed by atoms with Gasteiger partial charge in [-0.05, 0) is 35.9 Å². The van der Waals surface area contributed by atoms with Gasteiger partial charge in [0, 0.05) is 17.0 Å². The van der Waals surface area contributed by atoms with E-state index in [1.807, 2.05) is 42.1 Å². The molecule has 0 fully saturated rings. The Morgan fingerprint density at radius 3 is 2.32 bits per heavy atom. The SMILES string of the molecule is Cn1c(C(Sc2ccccc2)c2ccccc2)nc2cc(Cl)ccc21. The van der Waals surface area contributed by atoms with E-state index in [1.54, 1.807) is 0 Å². The maximum absolute atomic E-state index is 6.15. The number of benzene rings is 3. The van der Waals surface area contributed by atoms with Crippen LogP contribution >= 0.6 is 23.4 Å². The van der Waals surface area contributed by atoms with Gasteiger partial charge < -0.3 is 4.57 Å². The van der Waals surface area contributed by atoms with Crippen molar-refractivity contribution < 1.29 is 0 Å². The largest absolute Gasteiger partial charge is 0.330 e. The Kier molecular flexibility index (Phi) is 4.51. The lowest BCUT2D eigenvalue weighted by Crippen LogP contribution is -2.05. The van der Waals surface area contributed by atoms with Crippen LogP contribution in [0.4, 0.5) is 0 Å². The summed E-state index contributed by atoms with van der Waals surface area (Å²) < 4.78 is 2.17. The van der Waals surface area contributed by atoms with Gasteiger partial charge in [0.05, 0.1) is 16.3 Å². The Balaban J connectivity index is 1.84. The van der Waals surface area contributed by atoms with Crippen LogP contribution in [0.2, 0.25) is 5.02 Å². The van der Waals surface area contributed by atoms with E-state index in [1.165, 1.54) is 10.5 Å². The van der Waals surface area contributed by atoms with Gasteiger partial charge in [-0.25, -0.2) is 4.98 Å². The Morgan fingerprint density at radius 1 is 0.920 bits per heavy atom. The third-order valence-electron chi connectivity index (χ3n) is 4.21. The van der Waals surface area contributed by atoms with Gasteiger partial charge in [-0.15, -0.1) is 11.8 Å². The second kappa shape index (κ2) is 6.95. The van der Waals surface area contributed by atoms with E-state index in [4.69, 9.17) is 16.6 Å². The Morgan fingerprint density at radius 2 is 1.60 bits per heavy atom. The molecule has 0 bridgehead atoms. The van der Waals surface area contributed by atoms with E-state index in [0.717, 1.165) is 16.9 Å². The van der Waals surface area contributed by atoms with Crippen LogP contribution in [0.15, 0.2) is 83.8 Å². The molecule has 25 heavy (non-hydrogen) atoms. The molecule has 0 saturated heterocycles. The monoisotopic (exact) mass is 364 g/mol. The van der Waals surface area contributed by atoms with Gasteiger partial charge in [0.15, 0.2) is 0 Å². The van der Waals surface area contributed by atoms with Crippen molar-refractivity contribution in [1.29, 1.82) is 0 Å². The summed E-state index contributed by atoms with van der Waals surface area (Å²) >= 11 is 7.96. The number of hydrogen-bond donors (Lipinski definition) is 0. The summed E-state index contributed by atoms with van der Waals surface area (Å²) in [5, 5.41) is 0.823. The highest BCUT2D eigenvalue weighted by Crippen LogP contribution is 2.40. The number of rotatable bonds is 4. The maximum atomic E-state index is 6.15. The Labute approximate surface area is 156 Å². The molecule has 0 aliphatic heterocycles. The third kappa shape index (κ3) is 3.30. The van der Waals surface area contributed by atoms with Crippen LogP contribution in [-0.2, 0) is 7.05 Å². The molecular weight excluding hydrogens is 348 g/mol. The third-order valence-corrected chi connectivity index (χ3v) is 5.71. The number of halogens is 1. The fraction of sp³-hybridized carbons (Fsp3) is 0.0952. The number of imidazole rings is 1. The van der Waals surface area contributed by atoms with E-state index >= 15 is 0 Å². The summed E-state index contributed by atoms with van der Waals surface area (Å²) in [6.07, 6.45) is 0. The molecular formula is C21H17ClN2S. The van der Waals surface area contributed by atoms with Gasteiger partial charge in [-0.1, -0.05) is 60.1 Å². The van der Waals surface area contributed by atoms with Gasteiger partial charge in [-0.3, -0.25) is 0 Å². The van der Waals surface area contributed by atoms with Crippen LogP contribution in [0.3, 0.4) is 0 Å². The second-order valence-electron chi connectivity index (χ2n) is 5.88. The van der Waals surface area contributed by atoms with Crippen LogP contribution in [0.1, 0.15) is 16.6 Å². The van der Waals surface area contributed by atoms with Crippen molar-refractivity contribution in [3.05, 3.63) is 95.3 Å². The summed E-state index contributed by atoms with van der Waals surface area (Å²) in [6, 6.07) is 26.8. The zero-order valence-corrected chi connectivity index (χ0v) is 15.3. The molecule has 0 saturated carbocycles. The molecule has 4 rings (SSSR count). The molecule has 0 N–H and O–H groups in total. The van der Waals surface area contributed by atoms with Gasteiger partial charge in [0.2, 0.25) is 0 Å². The van der Waals surface area contributed by atoms with Crippen LogP contribution in [0, 0.1) is 0 Å². The number of aryl methyl sites for hydroxylation is 1. The second-order valence-corrected chi connectivity index (χ2v) is 7.50. The quantitative estimate of drug-likeness (QED) is 0.406. The molecule has 2 nitrogen and oxygen atoms in total. The number of fused-ring (bicyclic) bond motifs is 1. The average molecular weight is 365 g/mol. The maximum Gasteiger partial charge on any atom is 0.127 e. The van der Waals surface area contributed by atoms with E-state index in [-0.39, 0.29) is 5.25 Å². The van der Waals surface area contributed by atoms with Gasteiger partial charge in [-0.2, -0.15) is 0 Å². The van der Waals surface area contributed by atoms with E-state index in [9.17, 15) is 0 Å². The summed E-state index contributed by atoms with van der Waals surface area (Å²) in [4.78, 5) is 6.13. The number of nitrogens with zero attached hydrogens (tertiary/aromatic N) is 2. The first kappa shape index (κ1) is 16.2. The zero-order valence-electron chi connectivity index (χ0n) is 13.8. The number of aromatic nitrogens is 2. The average Bonchev–Trinajstić information content (AvgIpc) is 2.97. The van der Waals surface area contributed by atoms with E-state index in [2.05, 4.69) is 60.1 Å². The molecule has 0 radical (unpaired) electrons. The van der Waals surface area contributed by atoms with Gasteiger partial charge in [0.1, 0.15) is 5.82 Å². The lowest BCUT2D eigenvalue weighted by atomic mass is 10.1. The molecule has 0 spiro atoms. The molecule has 1 aromatic heterocycles. The van der Waals surface area contributed by atoms with Crippen molar-refractivity contribution in [2.45, 2.75) is 10.1 Å². The van der Waals surface area contributed by atoms with Crippen LogP contribution in [0.25, 0.3) is 11.0 Å². The molecule has 4 aromatic rings. The minimum atomic E-state index is 0.111. The number of hydrogen-bond acceptors (Lipinski definition) is 2. The highest BCUT2D eigenvalue weighted by molar-refractivity contribution is 7.99. The molecule has 4 heteroatoms. The van der Waals surface area contributed by atoms with Crippen molar-refractivity contribution in [2.75, 3.05) is 0 Å². The molecule has 1 atom stereocenters. The summed E-state index contributed by atoms with van der Waals surface area (Å²) in [6.45, 7) is 0. The molecule has 1 heterocycles. The van der Waals surface area contributed by atoms with Crippen molar-refractivity contribution in [2.24, 2.45) is 7.05 Å². The summed E-state index contributed by atoms with van der Waals surface area (Å²) in [5.41, 5.74) is 3.26. The standard InChI is InChI=1S/C21H17ClN2S/c1-24-19-13-12-16(22)14-18(19)23-21(24)20(15-8-4-2-5-9-15)25-17-10-6-3-7-11-17/h2-14,20H,1H3. The molecule has 1 unspecified atom stereocenters. The molecule has 124 valence electrons. The Hall–Kier alpha value is -2.23. The molecule has 3 aromatic carbocycles. The first-order chi connectivity index (χ1) is 12.2. The van der Waals surface area contributed by atoms with E-state index in [0.29, 0.717) is 5.02 Å². The predicted molar refractivity (Wildman–Crippen MR) is 106 cm³/mol. The lowest BCUT2D eigenvalue weighted by molar-refractivity contribution is 0.835. The molecule has 0 amide bonds. The first-order valence-corrected chi connectivity index (χ1v) is 9.36. The predicted octanol–water partition coefficient (Wildman–Crippen LogP) is 6.11. The minimum Gasteiger partial charge on any atom is -0.330 e. The zero-order chi connectivity index (χ0) is 17.2. The summed E-state index contributed by atoms with van der Waals surface area (Å²) in [5.74, 6) is 1.03. The van der Waals surface area contributed by atoms with Crippen LogP contribution < -0.4 is 0 Å². The number of thioether (sulfide) groups is 1. The Bertz CT molecular complexity index is 997.